The van der Waals surface area contributed by atoms with Crippen molar-refractivity contribution in [1.82, 2.24) is 15.3 Å². The summed E-state index contributed by atoms with van der Waals surface area (Å²) in [4.78, 5) is 19.6. The Hall–Kier alpha value is -2.82. The molecule has 0 aliphatic carbocycles. The standard InChI is InChI=1S/C18H19N3O2/c1-11-6-12(2)14-8-16(21-15(14)7-11)18(22)20-10-13-4-5-17(23-3)19-9-13/h4-9,21H,10H2,1-3H3,(H,20,22). The molecule has 0 saturated carbocycles. The predicted octanol–water partition coefficient (Wildman–Crippen LogP) is 3.12. The Labute approximate surface area is 134 Å². The molecule has 118 valence electrons. The van der Waals surface area contributed by atoms with Gasteiger partial charge in [0.05, 0.1) is 7.11 Å². The molecule has 5 heteroatoms. The highest BCUT2D eigenvalue weighted by molar-refractivity contribution is 5.98. The molecule has 0 aliphatic heterocycles. The van der Waals surface area contributed by atoms with Crippen LogP contribution in [-0.4, -0.2) is 23.0 Å². The number of rotatable bonds is 4. The fourth-order valence-corrected chi connectivity index (χ4v) is 2.64. The van der Waals surface area contributed by atoms with Crippen LogP contribution < -0.4 is 10.1 Å². The average molecular weight is 309 g/mol. The summed E-state index contributed by atoms with van der Waals surface area (Å²) in [6, 6.07) is 9.71. The van der Waals surface area contributed by atoms with Gasteiger partial charge < -0.3 is 15.0 Å². The summed E-state index contributed by atoms with van der Waals surface area (Å²) < 4.78 is 5.02. The average Bonchev–Trinajstić information content (AvgIpc) is 2.97. The first-order chi connectivity index (χ1) is 11.1. The number of carbonyl (C=O) groups is 1. The smallest absolute Gasteiger partial charge is 0.267 e. The lowest BCUT2D eigenvalue weighted by atomic mass is 10.1. The number of hydrogen-bond acceptors (Lipinski definition) is 3. The molecule has 23 heavy (non-hydrogen) atoms. The number of hydrogen-bond donors (Lipinski definition) is 2. The van der Waals surface area contributed by atoms with E-state index in [1.165, 1.54) is 5.56 Å². The summed E-state index contributed by atoms with van der Waals surface area (Å²) in [7, 11) is 1.57. The Kier molecular flexibility index (Phi) is 4.02. The second-order valence-electron chi connectivity index (χ2n) is 5.62. The third kappa shape index (κ3) is 3.18. The van der Waals surface area contributed by atoms with Crippen LogP contribution >= 0.6 is 0 Å². The summed E-state index contributed by atoms with van der Waals surface area (Å²) >= 11 is 0. The van der Waals surface area contributed by atoms with Crippen molar-refractivity contribution >= 4 is 16.8 Å². The van der Waals surface area contributed by atoms with E-state index in [0.29, 0.717) is 18.1 Å². The van der Waals surface area contributed by atoms with Crippen LogP contribution in [0.4, 0.5) is 0 Å². The fraction of sp³-hybridized carbons (Fsp3) is 0.222. The molecule has 0 fully saturated rings. The second kappa shape index (κ2) is 6.12. The minimum atomic E-state index is -0.130. The number of fused-ring (bicyclic) bond motifs is 1. The Balaban J connectivity index is 1.74. The van der Waals surface area contributed by atoms with Gasteiger partial charge in [-0.2, -0.15) is 0 Å². The lowest BCUT2D eigenvalue weighted by molar-refractivity contribution is 0.0946. The van der Waals surface area contributed by atoms with Crippen molar-refractivity contribution in [3.05, 3.63) is 58.9 Å². The van der Waals surface area contributed by atoms with E-state index >= 15 is 0 Å². The van der Waals surface area contributed by atoms with Crippen molar-refractivity contribution in [3.8, 4) is 5.88 Å². The molecule has 0 unspecified atom stereocenters. The predicted molar refractivity (Wildman–Crippen MR) is 89.7 cm³/mol. The van der Waals surface area contributed by atoms with Crippen LogP contribution in [0.25, 0.3) is 10.9 Å². The van der Waals surface area contributed by atoms with Crippen LogP contribution in [0.15, 0.2) is 36.5 Å². The largest absolute Gasteiger partial charge is 0.481 e. The van der Waals surface area contributed by atoms with Gasteiger partial charge in [0.1, 0.15) is 5.69 Å². The molecule has 0 aliphatic rings. The van der Waals surface area contributed by atoms with Gasteiger partial charge in [-0.15, -0.1) is 0 Å². The van der Waals surface area contributed by atoms with Gasteiger partial charge in [0.15, 0.2) is 0 Å². The van der Waals surface area contributed by atoms with Crippen LogP contribution in [0, 0.1) is 13.8 Å². The molecule has 1 amide bonds. The first-order valence-corrected chi connectivity index (χ1v) is 7.44. The number of nitrogens with one attached hydrogen (secondary N) is 2. The van der Waals surface area contributed by atoms with Gasteiger partial charge in [0.25, 0.3) is 5.91 Å². The maximum atomic E-state index is 12.3. The third-order valence-electron chi connectivity index (χ3n) is 3.79. The summed E-state index contributed by atoms with van der Waals surface area (Å²) in [6.07, 6.45) is 1.69. The molecule has 0 bridgehead atoms. The topological polar surface area (TPSA) is 67.0 Å². The molecular formula is C18H19N3O2. The molecule has 0 spiro atoms. The zero-order valence-electron chi connectivity index (χ0n) is 13.4. The second-order valence-corrected chi connectivity index (χ2v) is 5.62. The number of nitrogens with zero attached hydrogens (tertiary/aromatic N) is 1. The molecule has 5 nitrogen and oxygen atoms in total. The highest BCUT2D eigenvalue weighted by Crippen LogP contribution is 2.21. The van der Waals surface area contributed by atoms with E-state index in [1.807, 2.05) is 32.0 Å². The first-order valence-electron chi connectivity index (χ1n) is 7.44. The van der Waals surface area contributed by atoms with Crippen LogP contribution in [0.1, 0.15) is 27.2 Å². The molecule has 3 aromatic rings. The van der Waals surface area contributed by atoms with E-state index in [-0.39, 0.29) is 5.91 Å². The Morgan fingerprint density at radius 3 is 2.78 bits per heavy atom. The van der Waals surface area contributed by atoms with Gasteiger partial charge in [0, 0.05) is 29.7 Å². The summed E-state index contributed by atoms with van der Waals surface area (Å²) in [5.41, 5.74) is 4.80. The number of aromatic nitrogens is 2. The first kappa shape index (κ1) is 15.1. The molecule has 0 atom stereocenters. The number of H-pyrrole nitrogens is 1. The van der Waals surface area contributed by atoms with Crippen molar-refractivity contribution in [3.63, 3.8) is 0 Å². The number of pyridine rings is 1. The number of methoxy groups -OCH3 is 1. The van der Waals surface area contributed by atoms with E-state index in [4.69, 9.17) is 4.74 Å². The van der Waals surface area contributed by atoms with Crippen LogP contribution in [0.3, 0.4) is 0 Å². The third-order valence-corrected chi connectivity index (χ3v) is 3.79. The van der Waals surface area contributed by atoms with Gasteiger partial charge in [0.2, 0.25) is 5.88 Å². The van der Waals surface area contributed by atoms with E-state index in [2.05, 4.69) is 21.4 Å². The fourth-order valence-electron chi connectivity index (χ4n) is 2.64. The van der Waals surface area contributed by atoms with Gasteiger partial charge in [-0.05, 0) is 42.7 Å². The highest BCUT2D eigenvalue weighted by atomic mass is 16.5. The van der Waals surface area contributed by atoms with Gasteiger partial charge in [-0.3, -0.25) is 4.79 Å². The maximum Gasteiger partial charge on any atom is 0.267 e. The van der Waals surface area contributed by atoms with Crippen molar-refractivity contribution < 1.29 is 9.53 Å². The number of benzene rings is 1. The number of amides is 1. The molecule has 2 N–H and O–H groups in total. The Bertz CT molecular complexity index is 851. The maximum absolute atomic E-state index is 12.3. The van der Waals surface area contributed by atoms with E-state index in [9.17, 15) is 4.79 Å². The Morgan fingerprint density at radius 2 is 2.09 bits per heavy atom. The number of ether oxygens (including phenoxy) is 1. The number of carbonyl (C=O) groups excluding carboxylic acids is 1. The van der Waals surface area contributed by atoms with Crippen LogP contribution in [0.2, 0.25) is 0 Å². The van der Waals surface area contributed by atoms with Gasteiger partial charge >= 0.3 is 0 Å². The molecule has 0 saturated heterocycles. The zero-order valence-corrected chi connectivity index (χ0v) is 13.4. The molecule has 0 radical (unpaired) electrons. The van der Waals surface area contributed by atoms with E-state index in [0.717, 1.165) is 22.0 Å². The molecule has 2 heterocycles. The molecular weight excluding hydrogens is 290 g/mol. The van der Waals surface area contributed by atoms with Crippen molar-refractivity contribution in [2.45, 2.75) is 20.4 Å². The summed E-state index contributed by atoms with van der Waals surface area (Å²) in [5.74, 6) is 0.426. The number of aromatic amines is 1. The quantitative estimate of drug-likeness (QED) is 0.778. The molecule has 3 rings (SSSR count). The van der Waals surface area contributed by atoms with Crippen molar-refractivity contribution in [1.29, 1.82) is 0 Å². The van der Waals surface area contributed by atoms with Gasteiger partial charge in [-0.25, -0.2) is 4.98 Å². The zero-order chi connectivity index (χ0) is 16.4. The van der Waals surface area contributed by atoms with Crippen molar-refractivity contribution in [2.24, 2.45) is 0 Å². The molecule has 2 aromatic heterocycles. The lowest BCUT2D eigenvalue weighted by Gasteiger charge is -2.04. The minimum absolute atomic E-state index is 0.130. The molecule has 1 aromatic carbocycles. The lowest BCUT2D eigenvalue weighted by Crippen LogP contribution is -2.23. The van der Waals surface area contributed by atoms with Crippen LogP contribution in [0.5, 0.6) is 5.88 Å². The summed E-state index contributed by atoms with van der Waals surface area (Å²) in [6.45, 7) is 4.51. The van der Waals surface area contributed by atoms with E-state index in [1.54, 1.807) is 19.4 Å². The van der Waals surface area contributed by atoms with Crippen LogP contribution in [-0.2, 0) is 6.54 Å². The summed E-state index contributed by atoms with van der Waals surface area (Å²) in [5, 5.41) is 3.97. The normalized spacial score (nSPS) is 10.7. The van der Waals surface area contributed by atoms with Gasteiger partial charge in [-0.1, -0.05) is 12.1 Å². The van der Waals surface area contributed by atoms with Crippen molar-refractivity contribution in [2.75, 3.05) is 7.11 Å². The number of aryl methyl sites for hydroxylation is 2. The monoisotopic (exact) mass is 309 g/mol. The SMILES string of the molecule is COc1ccc(CNC(=O)c2cc3c(C)cc(C)cc3[nH]2)cn1. The highest BCUT2D eigenvalue weighted by Gasteiger charge is 2.11. The Morgan fingerprint density at radius 1 is 1.26 bits per heavy atom. The van der Waals surface area contributed by atoms with E-state index < -0.39 is 0 Å². The minimum Gasteiger partial charge on any atom is -0.481 e.